The number of hydrogen-bond donors (Lipinski definition) is 0. The van der Waals surface area contributed by atoms with Gasteiger partial charge in [0.15, 0.2) is 0 Å². The second-order valence-corrected chi connectivity index (χ2v) is 5.35. The lowest BCUT2D eigenvalue weighted by Gasteiger charge is -2.30. The van der Waals surface area contributed by atoms with Crippen molar-refractivity contribution in [3.8, 4) is 0 Å². The molecule has 1 saturated heterocycles. The zero-order valence-corrected chi connectivity index (χ0v) is 10.8. The summed E-state index contributed by atoms with van der Waals surface area (Å²) in [5, 5.41) is 0. The highest BCUT2D eigenvalue weighted by Gasteiger charge is 2.38. The topological polar surface area (TPSA) is 46.6 Å². The van der Waals surface area contributed by atoms with E-state index >= 15 is 0 Å². The number of carbonyl (C=O) groups is 2. The molecule has 0 aromatic rings. The Bertz CT molecular complexity index is 306. The Hall–Kier alpha value is -1.32. The van der Waals surface area contributed by atoms with Crippen LogP contribution < -0.4 is 0 Å². The number of hydrogen-bond acceptors (Lipinski definition) is 3. The van der Waals surface area contributed by atoms with E-state index in [9.17, 15) is 9.59 Å². The molecule has 1 aliphatic heterocycles. The van der Waals surface area contributed by atoms with Crippen molar-refractivity contribution in [2.75, 3.05) is 0 Å². The number of nitrogens with zero attached hydrogens (tertiary/aromatic N) is 1. The van der Waals surface area contributed by atoms with E-state index in [1.54, 1.807) is 11.0 Å². The quantitative estimate of drug-likeness (QED) is 0.561. The van der Waals surface area contributed by atoms with E-state index in [0.29, 0.717) is 12.8 Å². The van der Waals surface area contributed by atoms with Gasteiger partial charge >= 0.3 is 6.09 Å². The molecule has 0 aromatic carbocycles. The summed E-state index contributed by atoms with van der Waals surface area (Å²) in [5.41, 5.74) is -0.536. The van der Waals surface area contributed by atoms with Crippen molar-refractivity contribution in [2.24, 2.45) is 0 Å². The first-order chi connectivity index (χ1) is 7.89. The molecule has 4 nitrogen and oxygen atoms in total. The molecule has 0 spiro atoms. The van der Waals surface area contributed by atoms with Crippen LogP contribution in [0.1, 0.15) is 40.0 Å². The van der Waals surface area contributed by atoms with E-state index in [2.05, 4.69) is 6.58 Å². The molecular formula is C13H21NO3. The van der Waals surface area contributed by atoms with Crippen molar-refractivity contribution in [1.29, 1.82) is 0 Å². The molecule has 1 heterocycles. The van der Waals surface area contributed by atoms with Crippen LogP contribution in [0.4, 0.5) is 4.79 Å². The summed E-state index contributed by atoms with van der Waals surface area (Å²) in [6, 6.07) is -0.313. The molecule has 4 heteroatoms. The molecule has 96 valence electrons. The van der Waals surface area contributed by atoms with Gasteiger partial charge in [0.25, 0.3) is 0 Å². The normalized spacial score (nSPS) is 24.5. The number of aldehydes is 1. The number of carbonyl (C=O) groups excluding carboxylic acids is 2. The van der Waals surface area contributed by atoms with Gasteiger partial charge in [0.05, 0.1) is 6.04 Å². The molecule has 17 heavy (non-hydrogen) atoms. The minimum atomic E-state index is -0.536. The van der Waals surface area contributed by atoms with E-state index in [1.807, 2.05) is 20.8 Å². The van der Waals surface area contributed by atoms with Crippen molar-refractivity contribution in [1.82, 2.24) is 4.90 Å². The highest BCUT2D eigenvalue weighted by Crippen LogP contribution is 2.27. The minimum absolute atomic E-state index is 0.0394. The smallest absolute Gasteiger partial charge is 0.411 e. The summed E-state index contributed by atoms with van der Waals surface area (Å²) in [7, 11) is 0. The van der Waals surface area contributed by atoms with Gasteiger partial charge in [0.2, 0.25) is 0 Å². The summed E-state index contributed by atoms with van der Waals surface area (Å²) in [4.78, 5) is 24.5. The molecule has 0 N–H and O–H groups in total. The van der Waals surface area contributed by atoms with Gasteiger partial charge in [-0.3, -0.25) is 4.90 Å². The Labute approximate surface area is 103 Å². The van der Waals surface area contributed by atoms with Gasteiger partial charge in [-0.15, -0.1) is 6.58 Å². The number of amides is 1. The van der Waals surface area contributed by atoms with Crippen molar-refractivity contribution < 1.29 is 14.3 Å². The van der Waals surface area contributed by atoms with Crippen molar-refractivity contribution in [2.45, 2.75) is 57.7 Å². The van der Waals surface area contributed by atoms with Crippen LogP contribution in [0.25, 0.3) is 0 Å². The maximum absolute atomic E-state index is 12.0. The maximum atomic E-state index is 12.0. The molecule has 0 saturated carbocycles. The molecule has 2 atom stereocenters. The Morgan fingerprint density at radius 2 is 2.12 bits per heavy atom. The van der Waals surface area contributed by atoms with E-state index in [0.717, 1.165) is 12.7 Å². The molecule has 0 unspecified atom stereocenters. The summed E-state index contributed by atoms with van der Waals surface area (Å²) in [6.45, 7) is 9.13. The molecule has 0 bridgehead atoms. The van der Waals surface area contributed by atoms with Crippen LogP contribution in [0, 0.1) is 0 Å². The predicted octanol–water partition coefficient (Wildman–Crippen LogP) is 2.53. The van der Waals surface area contributed by atoms with Gasteiger partial charge in [0.1, 0.15) is 11.9 Å². The molecule has 0 aromatic heterocycles. The third-order valence-corrected chi connectivity index (χ3v) is 2.75. The monoisotopic (exact) mass is 239 g/mol. The maximum Gasteiger partial charge on any atom is 0.411 e. The van der Waals surface area contributed by atoms with Gasteiger partial charge in [-0.25, -0.2) is 4.79 Å². The van der Waals surface area contributed by atoms with E-state index in [4.69, 9.17) is 4.74 Å². The average Bonchev–Trinajstić information content (AvgIpc) is 2.58. The lowest BCUT2D eigenvalue weighted by molar-refractivity contribution is -0.112. The second-order valence-electron chi connectivity index (χ2n) is 5.35. The zero-order chi connectivity index (χ0) is 13.1. The van der Waals surface area contributed by atoms with Crippen molar-refractivity contribution in [3.63, 3.8) is 0 Å². The van der Waals surface area contributed by atoms with Gasteiger partial charge in [0, 0.05) is 6.04 Å². The second kappa shape index (κ2) is 5.34. The molecule has 0 aliphatic carbocycles. The summed E-state index contributed by atoms with van der Waals surface area (Å²) in [5.74, 6) is 0. The van der Waals surface area contributed by atoms with Crippen LogP contribution in [0.5, 0.6) is 0 Å². The molecular weight excluding hydrogens is 218 g/mol. The minimum Gasteiger partial charge on any atom is -0.444 e. The fraction of sp³-hybridized carbons (Fsp3) is 0.692. The fourth-order valence-corrected chi connectivity index (χ4v) is 2.07. The summed E-state index contributed by atoms with van der Waals surface area (Å²) in [6.07, 6.45) is 4.43. The Kier molecular flexibility index (Phi) is 4.32. The van der Waals surface area contributed by atoms with Gasteiger partial charge in [-0.2, -0.15) is 0 Å². The summed E-state index contributed by atoms with van der Waals surface area (Å²) < 4.78 is 5.32. The third-order valence-electron chi connectivity index (χ3n) is 2.75. The van der Waals surface area contributed by atoms with E-state index in [-0.39, 0.29) is 12.1 Å². The molecule has 0 radical (unpaired) electrons. The van der Waals surface area contributed by atoms with Crippen LogP contribution >= 0.6 is 0 Å². The number of rotatable bonds is 3. The first-order valence-electron chi connectivity index (χ1n) is 5.96. The Balaban J connectivity index is 2.77. The van der Waals surface area contributed by atoms with Crippen LogP contribution in [0.3, 0.4) is 0 Å². The van der Waals surface area contributed by atoms with Crippen molar-refractivity contribution >= 4 is 12.4 Å². The molecule has 1 aliphatic rings. The fourth-order valence-electron chi connectivity index (χ4n) is 2.07. The summed E-state index contributed by atoms with van der Waals surface area (Å²) >= 11 is 0. The number of ether oxygens (including phenoxy) is 1. The highest BCUT2D eigenvalue weighted by atomic mass is 16.6. The SMILES string of the molecule is C=CC[C@H]1CC[C@@H](C=O)N1C(=O)OC(C)(C)C. The predicted molar refractivity (Wildman–Crippen MR) is 65.8 cm³/mol. The third kappa shape index (κ3) is 3.58. The highest BCUT2D eigenvalue weighted by molar-refractivity contribution is 5.75. The lowest BCUT2D eigenvalue weighted by atomic mass is 10.1. The first-order valence-corrected chi connectivity index (χ1v) is 5.96. The molecule has 1 amide bonds. The van der Waals surface area contributed by atoms with Gasteiger partial charge in [-0.05, 0) is 40.0 Å². The zero-order valence-electron chi connectivity index (χ0n) is 10.8. The van der Waals surface area contributed by atoms with Gasteiger partial charge < -0.3 is 9.53 Å². The Morgan fingerprint density at radius 1 is 1.47 bits per heavy atom. The molecule has 1 rings (SSSR count). The first kappa shape index (κ1) is 13.7. The Morgan fingerprint density at radius 3 is 2.59 bits per heavy atom. The number of likely N-dealkylation sites (tertiary alicyclic amines) is 1. The van der Waals surface area contributed by atoms with Crippen LogP contribution in [0.15, 0.2) is 12.7 Å². The van der Waals surface area contributed by atoms with Crippen LogP contribution in [-0.2, 0) is 9.53 Å². The van der Waals surface area contributed by atoms with Crippen molar-refractivity contribution in [3.05, 3.63) is 12.7 Å². The van der Waals surface area contributed by atoms with E-state index < -0.39 is 11.7 Å². The van der Waals surface area contributed by atoms with Crippen LogP contribution in [-0.4, -0.2) is 35.0 Å². The van der Waals surface area contributed by atoms with Gasteiger partial charge in [-0.1, -0.05) is 6.08 Å². The molecule has 1 fully saturated rings. The van der Waals surface area contributed by atoms with E-state index in [1.165, 1.54) is 0 Å². The lowest BCUT2D eigenvalue weighted by Crippen LogP contribution is -2.44. The van der Waals surface area contributed by atoms with Crippen LogP contribution in [0.2, 0.25) is 0 Å². The average molecular weight is 239 g/mol. The standard InChI is InChI=1S/C13H21NO3/c1-5-6-10-7-8-11(9-15)14(10)12(16)17-13(2,3)4/h5,9-11H,1,6-8H2,2-4H3/t10-,11-/m0/s1. The largest absolute Gasteiger partial charge is 0.444 e.